The summed E-state index contributed by atoms with van der Waals surface area (Å²) >= 11 is 2.10. The molecule has 0 radical (unpaired) electrons. The van der Waals surface area contributed by atoms with E-state index in [1.54, 1.807) is 0 Å². The molecule has 1 unspecified atom stereocenters. The summed E-state index contributed by atoms with van der Waals surface area (Å²) in [6, 6.07) is 0.430. The van der Waals surface area contributed by atoms with E-state index in [0.29, 0.717) is 6.04 Å². The molecule has 2 rings (SSSR count). The third-order valence-corrected chi connectivity index (χ3v) is 5.09. The zero-order valence-corrected chi connectivity index (χ0v) is 11.2. The van der Waals surface area contributed by atoms with Crippen molar-refractivity contribution >= 4 is 11.8 Å². The van der Waals surface area contributed by atoms with Gasteiger partial charge in [-0.15, -0.1) is 0 Å². The van der Waals surface area contributed by atoms with Crippen LogP contribution in [0.25, 0.3) is 0 Å². The minimum absolute atomic E-state index is 0.430. The van der Waals surface area contributed by atoms with E-state index in [1.165, 1.54) is 63.1 Å². The number of rotatable bonds is 3. The molecule has 0 amide bonds. The van der Waals surface area contributed by atoms with Gasteiger partial charge in [0, 0.05) is 12.6 Å². The van der Waals surface area contributed by atoms with Crippen molar-refractivity contribution in [2.75, 3.05) is 31.1 Å². The van der Waals surface area contributed by atoms with Gasteiger partial charge >= 0.3 is 0 Å². The van der Waals surface area contributed by atoms with Crippen LogP contribution >= 0.6 is 11.8 Å². The van der Waals surface area contributed by atoms with E-state index in [4.69, 9.17) is 5.73 Å². The summed E-state index contributed by atoms with van der Waals surface area (Å²) in [6.45, 7) is 3.72. The molecule has 2 aliphatic rings. The van der Waals surface area contributed by atoms with Crippen LogP contribution in [0.2, 0.25) is 0 Å². The van der Waals surface area contributed by atoms with Gasteiger partial charge in [0.15, 0.2) is 0 Å². The predicted octanol–water partition coefficient (Wildman–Crippen LogP) is 2.33. The van der Waals surface area contributed by atoms with E-state index in [1.807, 2.05) is 0 Å². The van der Waals surface area contributed by atoms with Gasteiger partial charge in [0.05, 0.1) is 0 Å². The minimum atomic E-state index is 0.430. The Bertz CT molecular complexity index is 184. The third-order valence-electron chi connectivity index (χ3n) is 4.04. The second-order valence-corrected chi connectivity index (χ2v) is 6.55. The number of hydrogen-bond donors (Lipinski definition) is 1. The Morgan fingerprint density at radius 1 is 1.06 bits per heavy atom. The van der Waals surface area contributed by atoms with Crippen LogP contribution in [-0.4, -0.2) is 42.1 Å². The first kappa shape index (κ1) is 12.7. The Kier molecular flexibility index (Phi) is 5.46. The topological polar surface area (TPSA) is 29.3 Å². The fourth-order valence-electron chi connectivity index (χ4n) is 2.91. The number of nitrogens with zero attached hydrogens (tertiary/aromatic N) is 1. The highest BCUT2D eigenvalue weighted by atomic mass is 32.2. The van der Waals surface area contributed by atoms with Crippen LogP contribution < -0.4 is 5.73 Å². The Morgan fingerprint density at radius 2 is 1.69 bits per heavy atom. The zero-order valence-electron chi connectivity index (χ0n) is 10.4. The van der Waals surface area contributed by atoms with Gasteiger partial charge in [0.2, 0.25) is 0 Å². The molecule has 2 fully saturated rings. The van der Waals surface area contributed by atoms with E-state index in [9.17, 15) is 0 Å². The van der Waals surface area contributed by atoms with Gasteiger partial charge in [-0.3, -0.25) is 0 Å². The molecule has 94 valence electrons. The lowest BCUT2D eigenvalue weighted by Crippen LogP contribution is -2.43. The van der Waals surface area contributed by atoms with Gasteiger partial charge in [0.1, 0.15) is 0 Å². The quantitative estimate of drug-likeness (QED) is 0.823. The number of likely N-dealkylation sites (tertiary alicyclic amines) is 1. The van der Waals surface area contributed by atoms with E-state index >= 15 is 0 Å². The maximum atomic E-state index is 6.38. The summed E-state index contributed by atoms with van der Waals surface area (Å²) < 4.78 is 0. The van der Waals surface area contributed by atoms with Crippen molar-refractivity contribution in [1.29, 1.82) is 0 Å². The molecule has 0 aromatic carbocycles. The molecular formula is C13H26N2S. The summed E-state index contributed by atoms with van der Waals surface area (Å²) in [7, 11) is 0. The first-order chi connectivity index (χ1) is 7.86. The van der Waals surface area contributed by atoms with Crippen molar-refractivity contribution < 1.29 is 0 Å². The number of hydrogen-bond acceptors (Lipinski definition) is 3. The van der Waals surface area contributed by atoms with Crippen molar-refractivity contribution in [3.05, 3.63) is 0 Å². The summed E-state index contributed by atoms with van der Waals surface area (Å²) in [5, 5.41) is 0. The first-order valence-corrected chi connectivity index (χ1v) is 8.07. The van der Waals surface area contributed by atoms with Crippen molar-refractivity contribution in [3.8, 4) is 0 Å². The highest BCUT2D eigenvalue weighted by molar-refractivity contribution is 7.99. The summed E-state index contributed by atoms with van der Waals surface area (Å²) in [4.78, 5) is 2.61. The SMILES string of the molecule is NC(CN1CCCCCC1)C1CCSCC1. The van der Waals surface area contributed by atoms with Crippen LogP contribution in [0.15, 0.2) is 0 Å². The molecule has 2 saturated heterocycles. The van der Waals surface area contributed by atoms with Crippen LogP contribution in [-0.2, 0) is 0 Å². The van der Waals surface area contributed by atoms with Gasteiger partial charge in [0.25, 0.3) is 0 Å². The summed E-state index contributed by atoms with van der Waals surface area (Å²) in [6.07, 6.45) is 8.30. The monoisotopic (exact) mass is 242 g/mol. The van der Waals surface area contributed by atoms with Gasteiger partial charge < -0.3 is 10.6 Å². The lowest BCUT2D eigenvalue weighted by Gasteiger charge is -2.31. The molecule has 0 spiro atoms. The van der Waals surface area contributed by atoms with Crippen LogP contribution in [0.3, 0.4) is 0 Å². The molecular weight excluding hydrogens is 216 g/mol. The van der Waals surface area contributed by atoms with Gasteiger partial charge in [-0.05, 0) is 56.2 Å². The average Bonchev–Trinajstić information content (AvgIpc) is 2.59. The predicted molar refractivity (Wildman–Crippen MR) is 72.9 cm³/mol. The zero-order chi connectivity index (χ0) is 11.2. The van der Waals surface area contributed by atoms with Crippen molar-refractivity contribution in [2.24, 2.45) is 11.7 Å². The van der Waals surface area contributed by atoms with Gasteiger partial charge in [-0.2, -0.15) is 11.8 Å². The fourth-order valence-corrected chi connectivity index (χ4v) is 4.05. The molecule has 0 aromatic heterocycles. The summed E-state index contributed by atoms with van der Waals surface area (Å²) in [5.41, 5.74) is 6.38. The molecule has 0 bridgehead atoms. The van der Waals surface area contributed by atoms with E-state index in [0.717, 1.165) is 12.5 Å². The molecule has 1 atom stereocenters. The molecule has 2 N–H and O–H groups in total. The van der Waals surface area contributed by atoms with Crippen LogP contribution in [0.4, 0.5) is 0 Å². The van der Waals surface area contributed by atoms with E-state index in [-0.39, 0.29) is 0 Å². The van der Waals surface area contributed by atoms with Crippen molar-refractivity contribution in [3.63, 3.8) is 0 Å². The lowest BCUT2D eigenvalue weighted by molar-refractivity contribution is 0.231. The molecule has 2 aliphatic heterocycles. The lowest BCUT2D eigenvalue weighted by atomic mass is 9.94. The molecule has 0 aliphatic carbocycles. The second kappa shape index (κ2) is 6.87. The maximum Gasteiger partial charge on any atom is 0.0197 e. The number of thioether (sulfide) groups is 1. The van der Waals surface area contributed by atoms with Crippen molar-refractivity contribution in [1.82, 2.24) is 4.90 Å². The highest BCUT2D eigenvalue weighted by Crippen LogP contribution is 2.25. The van der Waals surface area contributed by atoms with Crippen LogP contribution in [0.5, 0.6) is 0 Å². The fraction of sp³-hybridized carbons (Fsp3) is 1.00. The molecule has 0 saturated carbocycles. The van der Waals surface area contributed by atoms with Crippen LogP contribution in [0, 0.1) is 5.92 Å². The Hall–Kier alpha value is 0.270. The standard InChI is InChI=1S/C13H26N2S/c14-13(12-5-9-16-10-6-12)11-15-7-3-1-2-4-8-15/h12-13H,1-11,14H2. The smallest absolute Gasteiger partial charge is 0.0197 e. The Labute approximate surface area is 104 Å². The van der Waals surface area contributed by atoms with Gasteiger partial charge in [-0.25, -0.2) is 0 Å². The third kappa shape index (κ3) is 3.94. The molecule has 2 nitrogen and oxygen atoms in total. The normalized spacial score (nSPS) is 27.6. The van der Waals surface area contributed by atoms with Crippen LogP contribution in [0.1, 0.15) is 38.5 Å². The Morgan fingerprint density at radius 3 is 2.31 bits per heavy atom. The molecule has 2 heterocycles. The molecule has 3 heteroatoms. The average molecular weight is 242 g/mol. The number of nitrogens with two attached hydrogens (primary N) is 1. The van der Waals surface area contributed by atoms with E-state index in [2.05, 4.69) is 16.7 Å². The minimum Gasteiger partial charge on any atom is -0.326 e. The largest absolute Gasteiger partial charge is 0.326 e. The highest BCUT2D eigenvalue weighted by Gasteiger charge is 2.22. The molecule has 16 heavy (non-hydrogen) atoms. The maximum absolute atomic E-state index is 6.38. The Balaban J connectivity index is 1.73. The second-order valence-electron chi connectivity index (χ2n) is 5.33. The molecule has 0 aromatic rings. The summed E-state index contributed by atoms with van der Waals surface area (Å²) in [5.74, 6) is 3.46. The first-order valence-electron chi connectivity index (χ1n) is 6.92. The van der Waals surface area contributed by atoms with Gasteiger partial charge in [-0.1, -0.05) is 12.8 Å². The van der Waals surface area contributed by atoms with Crippen molar-refractivity contribution in [2.45, 2.75) is 44.6 Å². The van der Waals surface area contributed by atoms with E-state index < -0.39 is 0 Å².